The molecule has 0 aliphatic heterocycles. The predicted octanol–water partition coefficient (Wildman–Crippen LogP) is 1.06. The van der Waals surface area contributed by atoms with Crippen LogP contribution in [0.3, 0.4) is 0 Å². The second kappa shape index (κ2) is 4.17. The van der Waals surface area contributed by atoms with E-state index in [1.54, 1.807) is 0 Å². The molecule has 92 valence electrons. The number of carboxylic acids is 1. The van der Waals surface area contributed by atoms with Crippen LogP contribution in [0.15, 0.2) is 30.3 Å². The molecule has 0 atom stereocenters. The number of carboxylic acid groups (broad SMARTS) is 1. The number of nitro benzene ring substituents is 1. The molecule has 0 saturated carbocycles. The lowest BCUT2D eigenvalue weighted by Crippen LogP contribution is -2.03. The normalized spacial score (nSPS) is 10.2. The highest BCUT2D eigenvalue weighted by molar-refractivity contribution is 5.86. The SMILES string of the molecule is Nc1cc(C(=O)O)nn1-c1ccc([N+](=O)[O-])cc1. The minimum Gasteiger partial charge on any atom is -0.476 e. The van der Waals surface area contributed by atoms with Gasteiger partial charge in [-0.05, 0) is 12.1 Å². The zero-order valence-electron chi connectivity index (χ0n) is 8.98. The van der Waals surface area contributed by atoms with Crippen molar-refractivity contribution in [3.05, 3.63) is 46.1 Å². The van der Waals surface area contributed by atoms with Gasteiger partial charge in [0.25, 0.3) is 5.69 Å². The fourth-order valence-electron chi connectivity index (χ4n) is 1.42. The van der Waals surface area contributed by atoms with Crippen molar-refractivity contribution in [1.82, 2.24) is 9.78 Å². The van der Waals surface area contributed by atoms with Crippen LogP contribution in [0.1, 0.15) is 10.5 Å². The van der Waals surface area contributed by atoms with E-state index in [1.165, 1.54) is 35.0 Å². The highest BCUT2D eigenvalue weighted by atomic mass is 16.6. The van der Waals surface area contributed by atoms with E-state index in [0.29, 0.717) is 5.69 Å². The van der Waals surface area contributed by atoms with E-state index in [1.807, 2.05) is 0 Å². The van der Waals surface area contributed by atoms with Gasteiger partial charge in [-0.3, -0.25) is 10.1 Å². The van der Waals surface area contributed by atoms with Gasteiger partial charge in [-0.1, -0.05) is 0 Å². The standard InChI is InChI=1S/C10H8N4O4/c11-9-5-8(10(15)16)12-13(9)6-1-3-7(4-2-6)14(17)18/h1-5H,11H2,(H,15,16). The monoisotopic (exact) mass is 248 g/mol. The van der Waals surface area contributed by atoms with E-state index in [-0.39, 0.29) is 17.2 Å². The maximum atomic E-state index is 10.7. The summed E-state index contributed by atoms with van der Waals surface area (Å²) in [6.45, 7) is 0. The molecule has 0 aliphatic carbocycles. The Kier molecular flexibility index (Phi) is 2.68. The number of nitro groups is 1. The van der Waals surface area contributed by atoms with Gasteiger partial charge in [0.05, 0.1) is 10.6 Å². The van der Waals surface area contributed by atoms with Crippen LogP contribution >= 0.6 is 0 Å². The number of aromatic nitrogens is 2. The molecule has 1 aromatic carbocycles. The largest absolute Gasteiger partial charge is 0.476 e. The molecule has 0 saturated heterocycles. The van der Waals surface area contributed by atoms with Crippen molar-refractivity contribution in [1.29, 1.82) is 0 Å². The Balaban J connectivity index is 2.42. The molecule has 0 unspecified atom stereocenters. The molecule has 1 aromatic heterocycles. The first-order chi connectivity index (χ1) is 8.49. The molecule has 0 bridgehead atoms. The Hall–Kier alpha value is -2.90. The molecule has 18 heavy (non-hydrogen) atoms. The van der Waals surface area contributed by atoms with E-state index >= 15 is 0 Å². The number of nitrogens with two attached hydrogens (primary N) is 1. The van der Waals surface area contributed by atoms with Gasteiger partial charge in [-0.25, -0.2) is 9.48 Å². The average molecular weight is 248 g/mol. The topological polar surface area (TPSA) is 124 Å². The summed E-state index contributed by atoms with van der Waals surface area (Å²) in [5.41, 5.74) is 5.81. The van der Waals surface area contributed by atoms with E-state index in [4.69, 9.17) is 10.8 Å². The third kappa shape index (κ3) is 1.98. The van der Waals surface area contributed by atoms with Gasteiger partial charge >= 0.3 is 5.97 Å². The molecule has 0 aliphatic rings. The van der Waals surface area contributed by atoms with Gasteiger partial charge in [0, 0.05) is 18.2 Å². The Bertz CT molecular complexity index is 617. The number of benzene rings is 1. The number of nitrogen functional groups attached to an aromatic ring is 1. The Labute approximate surface area is 100 Å². The van der Waals surface area contributed by atoms with Gasteiger partial charge in [0.15, 0.2) is 5.69 Å². The molecule has 2 aromatic rings. The van der Waals surface area contributed by atoms with Crippen molar-refractivity contribution in [3.8, 4) is 5.69 Å². The third-order valence-corrected chi connectivity index (χ3v) is 2.26. The lowest BCUT2D eigenvalue weighted by molar-refractivity contribution is -0.384. The van der Waals surface area contributed by atoms with Crippen LogP contribution < -0.4 is 5.73 Å². The number of nitrogens with zero attached hydrogens (tertiary/aromatic N) is 3. The van der Waals surface area contributed by atoms with Crippen LogP contribution in [-0.2, 0) is 0 Å². The maximum Gasteiger partial charge on any atom is 0.356 e. The lowest BCUT2D eigenvalue weighted by atomic mass is 10.3. The summed E-state index contributed by atoms with van der Waals surface area (Å²) < 4.78 is 1.20. The Morgan fingerprint density at radius 2 is 2.00 bits per heavy atom. The van der Waals surface area contributed by atoms with Crippen LogP contribution in [0.2, 0.25) is 0 Å². The molecule has 2 rings (SSSR count). The smallest absolute Gasteiger partial charge is 0.356 e. The van der Waals surface area contributed by atoms with Gasteiger partial charge in [0.1, 0.15) is 5.82 Å². The van der Waals surface area contributed by atoms with Crippen LogP contribution in [0.5, 0.6) is 0 Å². The second-order valence-electron chi connectivity index (χ2n) is 3.44. The van der Waals surface area contributed by atoms with Gasteiger partial charge in [0.2, 0.25) is 0 Å². The number of rotatable bonds is 3. The summed E-state index contributed by atoms with van der Waals surface area (Å²) in [7, 11) is 0. The van der Waals surface area contributed by atoms with Crippen molar-refractivity contribution in [2.24, 2.45) is 0 Å². The molecule has 0 spiro atoms. The summed E-state index contributed by atoms with van der Waals surface area (Å²) in [6, 6.07) is 6.66. The Morgan fingerprint density at radius 1 is 1.39 bits per heavy atom. The summed E-state index contributed by atoms with van der Waals surface area (Å²) in [4.78, 5) is 20.7. The van der Waals surface area contributed by atoms with Crippen molar-refractivity contribution >= 4 is 17.5 Å². The summed E-state index contributed by atoms with van der Waals surface area (Å²) in [6.07, 6.45) is 0. The number of anilines is 1. The number of hydrogen-bond acceptors (Lipinski definition) is 5. The van der Waals surface area contributed by atoms with Crippen molar-refractivity contribution in [2.45, 2.75) is 0 Å². The fourth-order valence-corrected chi connectivity index (χ4v) is 1.42. The Morgan fingerprint density at radius 3 is 2.44 bits per heavy atom. The third-order valence-electron chi connectivity index (χ3n) is 2.26. The van der Waals surface area contributed by atoms with Crippen LogP contribution in [0.25, 0.3) is 5.69 Å². The minimum absolute atomic E-state index is 0.0667. The van der Waals surface area contributed by atoms with E-state index < -0.39 is 10.9 Å². The quantitative estimate of drug-likeness (QED) is 0.618. The van der Waals surface area contributed by atoms with Crippen LogP contribution in [-0.4, -0.2) is 25.8 Å². The molecule has 0 fully saturated rings. The average Bonchev–Trinajstić information content (AvgIpc) is 2.71. The zero-order chi connectivity index (χ0) is 13.3. The molecule has 8 nitrogen and oxygen atoms in total. The predicted molar refractivity (Wildman–Crippen MR) is 61.6 cm³/mol. The molecule has 0 radical (unpaired) electrons. The summed E-state index contributed by atoms with van der Waals surface area (Å²) in [5, 5.41) is 23.0. The zero-order valence-corrected chi connectivity index (χ0v) is 8.98. The first kappa shape index (κ1) is 11.6. The number of hydrogen-bond donors (Lipinski definition) is 2. The number of aromatic carboxylic acids is 1. The van der Waals surface area contributed by atoms with Crippen molar-refractivity contribution in [2.75, 3.05) is 5.73 Å². The van der Waals surface area contributed by atoms with Crippen LogP contribution in [0.4, 0.5) is 11.5 Å². The van der Waals surface area contributed by atoms with E-state index in [2.05, 4.69) is 5.10 Å². The van der Waals surface area contributed by atoms with Gasteiger partial charge in [-0.15, -0.1) is 0 Å². The van der Waals surface area contributed by atoms with Crippen molar-refractivity contribution < 1.29 is 14.8 Å². The lowest BCUT2D eigenvalue weighted by Gasteiger charge is -2.02. The molecule has 1 heterocycles. The maximum absolute atomic E-state index is 10.7. The molecular weight excluding hydrogens is 240 g/mol. The molecular formula is C10H8N4O4. The summed E-state index contributed by atoms with van der Waals surface area (Å²) >= 11 is 0. The van der Waals surface area contributed by atoms with Crippen molar-refractivity contribution in [3.63, 3.8) is 0 Å². The molecule has 0 amide bonds. The van der Waals surface area contributed by atoms with Gasteiger partial charge < -0.3 is 10.8 Å². The number of non-ortho nitro benzene ring substituents is 1. The first-order valence-electron chi connectivity index (χ1n) is 4.82. The van der Waals surface area contributed by atoms with Crippen LogP contribution in [0, 0.1) is 10.1 Å². The van der Waals surface area contributed by atoms with E-state index in [9.17, 15) is 14.9 Å². The first-order valence-corrected chi connectivity index (χ1v) is 4.82. The molecule has 3 N–H and O–H groups in total. The summed E-state index contributed by atoms with van der Waals surface area (Å²) in [5.74, 6) is -1.05. The molecule has 8 heteroatoms. The van der Waals surface area contributed by atoms with E-state index in [0.717, 1.165) is 0 Å². The van der Waals surface area contributed by atoms with Gasteiger partial charge in [-0.2, -0.15) is 5.10 Å². The number of carbonyl (C=O) groups is 1. The second-order valence-corrected chi connectivity index (χ2v) is 3.44. The highest BCUT2D eigenvalue weighted by Gasteiger charge is 2.13. The minimum atomic E-state index is -1.19. The highest BCUT2D eigenvalue weighted by Crippen LogP contribution is 2.18. The fraction of sp³-hybridized carbons (Fsp3) is 0.